The van der Waals surface area contributed by atoms with Gasteiger partial charge in [-0.25, -0.2) is 0 Å². The topological polar surface area (TPSA) is 76.7 Å². The molecule has 7 nitrogen and oxygen atoms in total. The Labute approximate surface area is 152 Å². The second kappa shape index (κ2) is 6.07. The van der Waals surface area contributed by atoms with Gasteiger partial charge in [0.05, 0.1) is 24.3 Å². The number of aromatic nitrogens is 3. The third-order valence-electron chi connectivity index (χ3n) is 5.04. The van der Waals surface area contributed by atoms with Gasteiger partial charge in [-0.05, 0) is 20.3 Å². The molecule has 1 amide bonds. The fourth-order valence-electron chi connectivity index (χ4n) is 3.31. The Balaban J connectivity index is 2.32. The van der Waals surface area contributed by atoms with Crippen LogP contribution in [0.5, 0.6) is 0 Å². The molecule has 140 valence electrons. The van der Waals surface area contributed by atoms with E-state index in [9.17, 15) is 14.4 Å². The van der Waals surface area contributed by atoms with E-state index in [2.05, 4.69) is 5.10 Å². The predicted octanol–water partition coefficient (Wildman–Crippen LogP) is 2.14. The van der Waals surface area contributed by atoms with Crippen LogP contribution in [0.4, 0.5) is 0 Å². The summed E-state index contributed by atoms with van der Waals surface area (Å²) in [6.07, 6.45) is 0.798. The summed E-state index contributed by atoms with van der Waals surface area (Å²) in [5, 5.41) is 4.49. The van der Waals surface area contributed by atoms with Gasteiger partial charge in [0, 0.05) is 17.5 Å². The molecule has 3 heterocycles. The standard InChI is InChI=1S/C19H26N4O3/c1-7-11(2)21-10-13-16(18(21)26)22(9-12(3)24)15-8-14(19(4,5)6)20-23(15)17(13)25/h8,11H,7,9-10H2,1-6H3. The van der Waals surface area contributed by atoms with E-state index in [1.165, 1.54) is 11.4 Å². The molecule has 0 fully saturated rings. The first-order chi connectivity index (χ1) is 12.1. The van der Waals surface area contributed by atoms with Crippen molar-refractivity contribution in [1.29, 1.82) is 0 Å². The van der Waals surface area contributed by atoms with Crippen LogP contribution in [-0.4, -0.2) is 36.8 Å². The van der Waals surface area contributed by atoms with Crippen molar-refractivity contribution >= 4 is 17.3 Å². The van der Waals surface area contributed by atoms with Gasteiger partial charge >= 0.3 is 0 Å². The number of ketones is 1. The summed E-state index contributed by atoms with van der Waals surface area (Å²) in [4.78, 5) is 39.6. The maximum atomic E-state index is 13.0. The lowest BCUT2D eigenvalue weighted by Gasteiger charge is -2.22. The number of fused-ring (bicyclic) bond motifs is 2. The summed E-state index contributed by atoms with van der Waals surface area (Å²) < 4.78 is 3.00. The third kappa shape index (κ3) is 2.75. The molecule has 7 heteroatoms. The van der Waals surface area contributed by atoms with Crippen molar-refractivity contribution in [3.05, 3.63) is 33.4 Å². The van der Waals surface area contributed by atoms with Crippen molar-refractivity contribution in [1.82, 2.24) is 19.1 Å². The van der Waals surface area contributed by atoms with E-state index < -0.39 is 0 Å². The smallest absolute Gasteiger partial charge is 0.280 e. The summed E-state index contributed by atoms with van der Waals surface area (Å²) in [5.74, 6) is -0.264. The van der Waals surface area contributed by atoms with E-state index in [1.807, 2.05) is 40.7 Å². The van der Waals surface area contributed by atoms with E-state index in [1.54, 1.807) is 9.47 Å². The molecular weight excluding hydrogens is 332 g/mol. The highest BCUT2D eigenvalue weighted by molar-refractivity contribution is 5.98. The lowest BCUT2D eigenvalue weighted by Crippen LogP contribution is -2.33. The molecular formula is C19H26N4O3. The molecule has 2 aromatic rings. The van der Waals surface area contributed by atoms with Gasteiger partial charge in [0.15, 0.2) is 0 Å². The highest BCUT2D eigenvalue weighted by atomic mass is 16.2. The third-order valence-corrected chi connectivity index (χ3v) is 5.04. The van der Waals surface area contributed by atoms with Crippen molar-refractivity contribution in [3.63, 3.8) is 0 Å². The minimum Gasteiger partial charge on any atom is -0.330 e. The fourth-order valence-corrected chi connectivity index (χ4v) is 3.31. The highest BCUT2D eigenvalue weighted by Gasteiger charge is 2.37. The molecule has 0 radical (unpaired) electrons. The zero-order valence-electron chi connectivity index (χ0n) is 16.3. The fraction of sp³-hybridized carbons (Fsp3) is 0.579. The van der Waals surface area contributed by atoms with Gasteiger partial charge in [-0.2, -0.15) is 9.61 Å². The summed E-state index contributed by atoms with van der Waals surface area (Å²) in [7, 11) is 0. The SMILES string of the molecule is CCC(C)N1Cc2c(n(CC(C)=O)c3cc(C(C)(C)C)nn3c2=O)C1=O. The van der Waals surface area contributed by atoms with Gasteiger partial charge in [-0.15, -0.1) is 0 Å². The van der Waals surface area contributed by atoms with E-state index in [-0.39, 0.29) is 41.8 Å². The molecule has 0 spiro atoms. The molecule has 3 rings (SSSR count). The van der Waals surface area contributed by atoms with Crippen molar-refractivity contribution in [2.24, 2.45) is 0 Å². The number of rotatable bonds is 4. The van der Waals surface area contributed by atoms with Gasteiger partial charge in [-0.3, -0.25) is 14.4 Å². The second-order valence-corrected chi connectivity index (χ2v) is 8.16. The Kier molecular flexibility index (Phi) is 4.29. The predicted molar refractivity (Wildman–Crippen MR) is 98.5 cm³/mol. The molecule has 1 atom stereocenters. The number of nitrogens with zero attached hydrogens (tertiary/aromatic N) is 4. The average molecular weight is 358 g/mol. The monoisotopic (exact) mass is 358 g/mol. The van der Waals surface area contributed by atoms with Crippen molar-refractivity contribution in [2.75, 3.05) is 0 Å². The lowest BCUT2D eigenvalue weighted by molar-refractivity contribution is -0.117. The van der Waals surface area contributed by atoms with Crippen LogP contribution in [0.1, 0.15) is 69.7 Å². The summed E-state index contributed by atoms with van der Waals surface area (Å²) in [5.41, 5.74) is 1.48. The van der Waals surface area contributed by atoms with E-state index in [4.69, 9.17) is 0 Å². The van der Waals surface area contributed by atoms with Crippen LogP contribution in [0.3, 0.4) is 0 Å². The first-order valence-electron chi connectivity index (χ1n) is 9.02. The molecule has 0 saturated heterocycles. The van der Waals surface area contributed by atoms with Crippen molar-refractivity contribution < 1.29 is 9.59 Å². The number of hydrogen-bond acceptors (Lipinski definition) is 4. The Morgan fingerprint density at radius 3 is 2.50 bits per heavy atom. The highest BCUT2D eigenvalue weighted by Crippen LogP contribution is 2.27. The quantitative estimate of drug-likeness (QED) is 0.839. The number of carbonyl (C=O) groups excluding carboxylic acids is 2. The summed E-state index contributed by atoms with van der Waals surface area (Å²) in [6, 6.07) is 1.83. The molecule has 0 aromatic carbocycles. The minimum absolute atomic E-state index is 0.0255. The summed E-state index contributed by atoms with van der Waals surface area (Å²) in [6.45, 7) is 11.8. The molecule has 1 aliphatic rings. The number of amides is 1. The second-order valence-electron chi connectivity index (χ2n) is 8.16. The van der Waals surface area contributed by atoms with Crippen LogP contribution in [0.15, 0.2) is 10.9 Å². The molecule has 0 aliphatic carbocycles. The van der Waals surface area contributed by atoms with Crippen molar-refractivity contribution in [2.45, 2.75) is 72.5 Å². The van der Waals surface area contributed by atoms with Crippen LogP contribution in [0.2, 0.25) is 0 Å². The van der Waals surface area contributed by atoms with Gasteiger partial charge < -0.3 is 9.47 Å². The van der Waals surface area contributed by atoms with Crippen molar-refractivity contribution in [3.8, 4) is 0 Å². The molecule has 0 saturated carbocycles. The minimum atomic E-state index is -0.274. The Hall–Kier alpha value is -2.44. The molecule has 2 aromatic heterocycles. The van der Waals surface area contributed by atoms with Gasteiger partial charge in [0.25, 0.3) is 11.5 Å². The lowest BCUT2D eigenvalue weighted by atomic mass is 9.92. The number of carbonyl (C=O) groups is 2. The van der Waals surface area contributed by atoms with Gasteiger partial charge in [0.2, 0.25) is 0 Å². The Morgan fingerprint density at radius 1 is 1.31 bits per heavy atom. The normalized spacial score (nSPS) is 15.6. The van der Waals surface area contributed by atoms with Crippen LogP contribution in [0, 0.1) is 0 Å². The first kappa shape index (κ1) is 18.4. The molecule has 0 N–H and O–H groups in total. The zero-order chi connectivity index (χ0) is 19.4. The largest absolute Gasteiger partial charge is 0.330 e. The first-order valence-corrected chi connectivity index (χ1v) is 9.02. The van der Waals surface area contributed by atoms with Gasteiger partial charge in [-0.1, -0.05) is 27.7 Å². The summed E-state index contributed by atoms with van der Waals surface area (Å²) >= 11 is 0. The molecule has 1 unspecified atom stereocenters. The zero-order valence-corrected chi connectivity index (χ0v) is 16.3. The van der Waals surface area contributed by atoms with E-state index >= 15 is 0 Å². The Bertz CT molecular complexity index is 962. The average Bonchev–Trinajstić information content (AvgIpc) is 3.13. The Morgan fingerprint density at radius 2 is 1.96 bits per heavy atom. The maximum absolute atomic E-state index is 13.0. The molecule has 26 heavy (non-hydrogen) atoms. The molecule has 1 aliphatic heterocycles. The van der Waals surface area contributed by atoms with Crippen LogP contribution in [-0.2, 0) is 23.3 Å². The van der Waals surface area contributed by atoms with Crippen LogP contribution >= 0.6 is 0 Å². The van der Waals surface area contributed by atoms with Crippen LogP contribution in [0.25, 0.3) is 5.65 Å². The number of hydrogen-bond donors (Lipinski definition) is 0. The maximum Gasteiger partial charge on any atom is 0.280 e. The number of Topliss-reactive ketones (excluding diaryl/α,β-unsaturated/α-hetero) is 1. The van der Waals surface area contributed by atoms with E-state index in [0.717, 1.165) is 12.1 Å². The van der Waals surface area contributed by atoms with Crippen LogP contribution < -0.4 is 5.56 Å². The van der Waals surface area contributed by atoms with Gasteiger partial charge in [0.1, 0.15) is 17.1 Å². The van der Waals surface area contributed by atoms with E-state index in [0.29, 0.717) is 16.9 Å². The molecule has 0 bridgehead atoms.